The highest BCUT2D eigenvalue weighted by Gasteiger charge is 2.18. The van der Waals surface area contributed by atoms with Gasteiger partial charge >= 0.3 is 0 Å². The van der Waals surface area contributed by atoms with E-state index in [4.69, 9.17) is 5.73 Å². The number of nitrogens with two attached hydrogens (primary N) is 1. The fourth-order valence-electron chi connectivity index (χ4n) is 1.63. The van der Waals surface area contributed by atoms with Crippen LogP contribution in [0.5, 0.6) is 0 Å². The summed E-state index contributed by atoms with van der Waals surface area (Å²) in [5, 5.41) is 2.78. The van der Waals surface area contributed by atoms with Gasteiger partial charge in [-0.05, 0) is 31.0 Å². The Balaban J connectivity index is 2.54. The first-order chi connectivity index (χ1) is 9.19. The van der Waals surface area contributed by atoms with Gasteiger partial charge in [0.15, 0.2) is 0 Å². The Labute approximate surface area is 128 Å². The zero-order chi connectivity index (χ0) is 15.3. The molecular formula is C13H19BrN2O3S. The average molecular weight is 363 g/mol. The zero-order valence-electron chi connectivity index (χ0n) is 11.5. The van der Waals surface area contributed by atoms with Gasteiger partial charge in [-0.1, -0.05) is 28.1 Å². The maximum absolute atomic E-state index is 11.9. The van der Waals surface area contributed by atoms with Crippen LogP contribution in [0, 0.1) is 0 Å². The van der Waals surface area contributed by atoms with Gasteiger partial charge in [-0.15, -0.1) is 0 Å². The number of hydrogen-bond acceptors (Lipinski definition) is 4. The molecule has 0 bridgehead atoms. The first-order valence-electron chi connectivity index (χ1n) is 6.18. The van der Waals surface area contributed by atoms with Crippen LogP contribution in [0.3, 0.4) is 0 Å². The summed E-state index contributed by atoms with van der Waals surface area (Å²) in [4.78, 5) is 11.9. The van der Waals surface area contributed by atoms with Crippen LogP contribution in [-0.4, -0.2) is 32.4 Å². The van der Waals surface area contributed by atoms with Gasteiger partial charge in [0.05, 0.1) is 17.8 Å². The highest BCUT2D eigenvalue weighted by molar-refractivity contribution is 9.10. The molecule has 1 aromatic carbocycles. The van der Waals surface area contributed by atoms with Gasteiger partial charge in [0.25, 0.3) is 0 Å². The minimum Gasteiger partial charge on any atom is -0.348 e. The molecule has 0 radical (unpaired) electrons. The van der Waals surface area contributed by atoms with Gasteiger partial charge in [0.1, 0.15) is 9.84 Å². The minimum atomic E-state index is -3.10. The first-order valence-corrected chi connectivity index (χ1v) is 9.03. The normalized spacial score (nSPS) is 14.6. The largest absolute Gasteiger partial charge is 0.348 e. The lowest BCUT2D eigenvalue weighted by Crippen LogP contribution is -2.42. The Morgan fingerprint density at radius 2 is 1.90 bits per heavy atom. The first kappa shape index (κ1) is 17.1. The summed E-state index contributed by atoms with van der Waals surface area (Å²) < 4.78 is 23.0. The van der Waals surface area contributed by atoms with Crippen LogP contribution in [0.1, 0.15) is 24.9 Å². The standard InChI is InChI=1S/C13H19BrN2O3S/c1-9(10-3-5-11(14)6-4-10)16-13(17)12(15)7-8-20(2,18)19/h3-6,9,12H,7-8,15H2,1-2H3,(H,16,17)/t9-,12?/m0/s1. The second-order valence-electron chi connectivity index (χ2n) is 4.81. The molecule has 1 unspecified atom stereocenters. The van der Waals surface area contributed by atoms with Crippen molar-refractivity contribution in [2.75, 3.05) is 12.0 Å². The van der Waals surface area contributed by atoms with E-state index in [1.165, 1.54) is 0 Å². The lowest BCUT2D eigenvalue weighted by molar-refractivity contribution is -0.123. The van der Waals surface area contributed by atoms with Gasteiger partial charge in [-0.3, -0.25) is 4.79 Å². The predicted octanol–water partition coefficient (Wildman–Crippen LogP) is 1.39. The third-order valence-corrected chi connectivity index (χ3v) is 4.37. The summed E-state index contributed by atoms with van der Waals surface area (Å²) in [7, 11) is -3.10. The molecule has 2 atom stereocenters. The molecule has 7 heteroatoms. The van der Waals surface area contributed by atoms with Gasteiger partial charge in [-0.2, -0.15) is 0 Å². The molecule has 0 saturated heterocycles. The molecule has 0 aliphatic rings. The predicted molar refractivity (Wildman–Crippen MR) is 83.0 cm³/mol. The molecule has 3 N–H and O–H groups in total. The van der Waals surface area contributed by atoms with Gasteiger partial charge in [0, 0.05) is 10.7 Å². The maximum Gasteiger partial charge on any atom is 0.237 e. The van der Waals surface area contributed by atoms with Crippen LogP contribution in [-0.2, 0) is 14.6 Å². The molecular weight excluding hydrogens is 344 g/mol. The molecule has 0 fully saturated rings. The summed E-state index contributed by atoms with van der Waals surface area (Å²) in [6.45, 7) is 1.85. The second-order valence-corrected chi connectivity index (χ2v) is 7.98. The zero-order valence-corrected chi connectivity index (χ0v) is 13.9. The van der Waals surface area contributed by atoms with Crippen molar-refractivity contribution in [3.8, 4) is 0 Å². The molecule has 0 saturated carbocycles. The lowest BCUT2D eigenvalue weighted by Gasteiger charge is -2.17. The molecule has 1 rings (SSSR count). The van der Waals surface area contributed by atoms with Crippen molar-refractivity contribution < 1.29 is 13.2 Å². The fraction of sp³-hybridized carbons (Fsp3) is 0.462. The quantitative estimate of drug-likeness (QED) is 0.799. The van der Waals surface area contributed by atoms with E-state index in [0.717, 1.165) is 16.3 Å². The van der Waals surface area contributed by atoms with Gasteiger partial charge in [0.2, 0.25) is 5.91 Å². The highest BCUT2D eigenvalue weighted by atomic mass is 79.9. The van der Waals surface area contributed by atoms with E-state index in [1.807, 2.05) is 31.2 Å². The molecule has 0 aromatic heterocycles. The summed E-state index contributed by atoms with van der Waals surface area (Å²) in [5.74, 6) is -0.432. The topological polar surface area (TPSA) is 89.3 Å². The molecule has 112 valence electrons. The van der Waals surface area contributed by atoms with Crippen LogP contribution < -0.4 is 11.1 Å². The molecule has 0 aliphatic heterocycles. The molecule has 5 nitrogen and oxygen atoms in total. The SMILES string of the molecule is C[C@H](NC(=O)C(N)CCS(C)(=O)=O)c1ccc(Br)cc1. The van der Waals surface area contributed by atoms with E-state index in [-0.39, 0.29) is 24.1 Å². The lowest BCUT2D eigenvalue weighted by atomic mass is 10.1. The second kappa shape index (κ2) is 7.19. The van der Waals surface area contributed by atoms with Gasteiger partial charge in [-0.25, -0.2) is 8.42 Å². The molecule has 0 heterocycles. The van der Waals surface area contributed by atoms with Crippen LogP contribution >= 0.6 is 15.9 Å². The van der Waals surface area contributed by atoms with Crippen molar-refractivity contribution in [2.45, 2.75) is 25.4 Å². The van der Waals surface area contributed by atoms with Crippen LogP contribution in [0.15, 0.2) is 28.7 Å². The minimum absolute atomic E-state index is 0.0890. The Bertz CT molecular complexity index is 557. The van der Waals surface area contributed by atoms with Crippen LogP contribution in [0.25, 0.3) is 0 Å². The number of amides is 1. The van der Waals surface area contributed by atoms with E-state index in [0.29, 0.717) is 0 Å². The number of sulfone groups is 1. The van der Waals surface area contributed by atoms with Crippen molar-refractivity contribution in [3.05, 3.63) is 34.3 Å². The molecule has 1 aromatic rings. The number of carbonyl (C=O) groups excluding carboxylic acids is 1. The van der Waals surface area contributed by atoms with E-state index in [2.05, 4.69) is 21.2 Å². The number of rotatable bonds is 6. The van der Waals surface area contributed by atoms with E-state index in [9.17, 15) is 13.2 Å². The van der Waals surface area contributed by atoms with Crippen LogP contribution in [0.2, 0.25) is 0 Å². The number of hydrogen-bond donors (Lipinski definition) is 2. The Hall–Kier alpha value is -0.920. The Morgan fingerprint density at radius 3 is 2.40 bits per heavy atom. The Kier molecular flexibility index (Phi) is 6.16. The maximum atomic E-state index is 11.9. The third-order valence-electron chi connectivity index (χ3n) is 2.87. The third kappa shape index (κ3) is 6.02. The van der Waals surface area contributed by atoms with Crippen molar-refractivity contribution in [1.29, 1.82) is 0 Å². The van der Waals surface area contributed by atoms with Crippen molar-refractivity contribution in [3.63, 3.8) is 0 Å². The summed E-state index contributed by atoms with van der Waals surface area (Å²) >= 11 is 3.34. The Morgan fingerprint density at radius 1 is 1.35 bits per heavy atom. The molecule has 0 aliphatic carbocycles. The molecule has 20 heavy (non-hydrogen) atoms. The number of benzene rings is 1. The van der Waals surface area contributed by atoms with E-state index >= 15 is 0 Å². The number of carbonyl (C=O) groups is 1. The molecule has 0 spiro atoms. The summed E-state index contributed by atoms with van der Waals surface area (Å²) in [6.07, 6.45) is 1.25. The smallest absolute Gasteiger partial charge is 0.237 e. The fourth-order valence-corrected chi connectivity index (χ4v) is 2.57. The van der Waals surface area contributed by atoms with Crippen LogP contribution in [0.4, 0.5) is 0 Å². The number of halogens is 1. The highest BCUT2D eigenvalue weighted by Crippen LogP contribution is 2.16. The van der Waals surface area contributed by atoms with Crippen molar-refractivity contribution >= 4 is 31.7 Å². The van der Waals surface area contributed by atoms with Crippen molar-refractivity contribution in [2.24, 2.45) is 5.73 Å². The van der Waals surface area contributed by atoms with E-state index in [1.54, 1.807) is 0 Å². The number of nitrogens with one attached hydrogen (secondary N) is 1. The summed E-state index contributed by atoms with van der Waals surface area (Å²) in [5.41, 5.74) is 6.65. The van der Waals surface area contributed by atoms with Crippen molar-refractivity contribution in [1.82, 2.24) is 5.32 Å². The van der Waals surface area contributed by atoms with Gasteiger partial charge < -0.3 is 11.1 Å². The molecule has 1 amide bonds. The monoisotopic (exact) mass is 362 g/mol. The summed E-state index contributed by atoms with van der Waals surface area (Å²) in [6, 6.07) is 6.58. The average Bonchev–Trinajstić information content (AvgIpc) is 2.35. The van der Waals surface area contributed by atoms with E-state index < -0.39 is 15.9 Å².